The molecule has 1 fully saturated rings. The van der Waals surface area contributed by atoms with Gasteiger partial charge in [0.15, 0.2) is 6.29 Å². The van der Waals surface area contributed by atoms with Gasteiger partial charge in [0.25, 0.3) is 5.97 Å². The van der Waals surface area contributed by atoms with Crippen molar-refractivity contribution < 1.29 is 24.5 Å². The average molecular weight is 218 g/mol. The minimum absolute atomic E-state index is 0.0506. The van der Waals surface area contributed by atoms with Crippen molar-refractivity contribution in [2.75, 3.05) is 19.8 Å². The average Bonchev–Trinajstić information content (AvgIpc) is 2.19. The molecule has 0 aromatic rings. The number of carboxylic acids is 1. The SMILES string of the molecule is CC(=CCO)C1OCCCO1.CC(=O)O. The van der Waals surface area contributed by atoms with Crippen LogP contribution in [-0.2, 0) is 14.3 Å². The standard InChI is InChI=1S/C8H14O3.C2H4O2/c1-7(3-4-9)8-10-5-2-6-11-8;1-2(3)4/h3,8-9H,2,4-6H2,1H3;1H3,(H,3,4). The third-order valence-corrected chi connectivity index (χ3v) is 1.61. The molecular weight excluding hydrogens is 200 g/mol. The van der Waals surface area contributed by atoms with Crippen LogP contribution in [-0.4, -0.2) is 42.3 Å². The van der Waals surface area contributed by atoms with Gasteiger partial charge in [-0.15, -0.1) is 0 Å². The number of carbonyl (C=O) groups is 1. The maximum absolute atomic E-state index is 9.00. The zero-order valence-corrected chi connectivity index (χ0v) is 9.10. The second-order valence-corrected chi connectivity index (χ2v) is 3.08. The van der Waals surface area contributed by atoms with E-state index in [0.29, 0.717) is 0 Å². The summed E-state index contributed by atoms with van der Waals surface area (Å²) < 4.78 is 10.6. The topological polar surface area (TPSA) is 76.0 Å². The van der Waals surface area contributed by atoms with Crippen molar-refractivity contribution >= 4 is 5.97 Å². The van der Waals surface area contributed by atoms with Gasteiger partial charge in [-0.3, -0.25) is 4.79 Å². The Kier molecular flexibility index (Phi) is 7.89. The second kappa shape index (κ2) is 8.40. The van der Waals surface area contributed by atoms with Crippen molar-refractivity contribution in [3.63, 3.8) is 0 Å². The van der Waals surface area contributed by atoms with E-state index in [2.05, 4.69) is 0 Å². The summed E-state index contributed by atoms with van der Waals surface area (Å²) in [5.41, 5.74) is 0.951. The summed E-state index contributed by atoms with van der Waals surface area (Å²) >= 11 is 0. The number of hydrogen-bond acceptors (Lipinski definition) is 4. The van der Waals surface area contributed by atoms with Gasteiger partial charge in [0.2, 0.25) is 0 Å². The highest BCUT2D eigenvalue weighted by Crippen LogP contribution is 2.12. The highest BCUT2D eigenvalue weighted by Gasteiger charge is 2.14. The van der Waals surface area contributed by atoms with Gasteiger partial charge in [-0.1, -0.05) is 6.08 Å². The molecule has 0 aliphatic carbocycles. The van der Waals surface area contributed by atoms with Crippen LogP contribution in [0.4, 0.5) is 0 Å². The van der Waals surface area contributed by atoms with Crippen molar-refractivity contribution in [1.29, 1.82) is 0 Å². The van der Waals surface area contributed by atoms with E-state index in [1.54, 1.807) is 6.08 Å². The third-order valence-electron chi connectivity index (χ3n) is 1.61. The quantitative estimate of drug-likeness (QED) is 0.670. The van der Waals surface area contributed by atoms with E-state index in [0.717, 1.165) is 32.1 Å². The lowest BCUT2D eigenvalue weighted by Crippen LogP contribution is -2.25. The van der Waals surface area contributed by atoms with Crippen LogP contribution >= 0.6 is 0 Å². The fraction of sp³-hybridized carbons (Fsp3) is 0.700. The Morgan fingerprint density at radius 2 is 1.87 bits per heavy atom. The summed E-state index contributed by atoms with van der Waals surface area (Å²) in [6.07, 6.45) is 2.44. The van der Waals surface area contributed by atoms with Crippen molar-refractivity contribution in [2.45, 2.75) is 26.6 Å². The van der Waals surface area contributed by atoms with E-state index in [4.69, 9.17) is 24.5 Å². The molecule has 0 radical (unpaired) electrons. The number of hydrogen-bond donors (Lipinski definition) is 2. The molecule has 15 heavy (non-hydrogen) atoms. The zero-order valence-electron chi connectivity index (χ0n) is 9.10. The van der Waals surface area contributed by atoms with E-state index in [1.807, 2.05) is 6.92 Å². The van der Waals surface area contributed by atoms with Crippen LogP contribution in [0.25, 0.3) is 0 Å². The molecule has 0 bridgehead atoms. The lowest BCUT2D eigenvalue weighted by molar-refractivity contribution is -0.156. The van der Waals surface area contributed by atoms with Crippen LogP contribution in [0.1, 0.15) is 20.3 Å². The third kappa shape index (κ3) is 8.11. The Labute approximate surface area is 89.3 Å². The smallest absolute Gasteiger partial charge is 0.300 e. The molecule has 1 heterocycles. The molecule has 5 nitrogen and oxygen atoms in total. The van der Waals surface area contributed by atoms with Crippen LogP contribution < -0.4 is 0 Å². The molecular formula is C10H18O5. The molecule has 0 aromatic heterocycles. The van der Waals surface area contributed by atoms with Gasteiger partial charge in [-0.05, 0) is 18.9 Å². The highest BCUT2D eigenvalue weighted by atomic mass is 16.7. The van der Waals surface area contributed by atoms with Crippen LogP contribution in [0.5, 0.6) is 0 Å². The number of ether oxygens (including phenoxy) is 2. The predicted molar refractivity (Wildman–Crippen MR) is 54.5 cm³/mol. The fourth-order valence-corrected chi connectivity index (χ4v) is 0.991. The summed E-state index contributed by atoms with van der Waals surface area (Å²) in [5.74, 6) is -0.833. The molecule has 0 saturated carbocycles. The van der Waals surface area contributed by atoms with E-state index < -0.39 is 5.97 Å². The highest BCUT2D eigenvalue weighted by molar-refractivity contribution is 5.62. The lowest BCUT2D eigenvalue weighted by Gasteiger charge is -2.23. The largest absolute Gasteiger partial charge is 0.481 e. The first kappa shape index (κ1) is 14.1. The Morgan fingerprint density at radius 3 is 2.27 bits per heavy atom. The van der Waals surface area contributed by atoms with E-state index >= 15 is 0 Å². The first-order chi connectivity index (χ1) is 7.07. The number of carboxylic acid groups (broad SMARTS) is 1. The van der Waals surface area contributed by atoms with Crippen LogP contribution in [0.15, 0.2) is 11.6 Å². The summed E-state index contributed by atoms with van der Waals surface area (Å²) in [4.78, 5) is 9.00. The van der Waals surface area contributed by atoms with Gasteiger partial charge in [-0.2, -0.15) is 0 Å². The van der Waals surface area contributed by atoms with Crippen molar-refractivity contribution in [2.24, 2.45) is 0 Å². The molecule has 0 aromatic carbocycles. The molecule has 1 aliphatic heterocycles. The lowest BCUT2D eigenvalue weighted by atomic mass is 10.2. The zero-order chi connectivity index (χ0) is 11.7. The molecule has 1 rings (SSSR count). The van der Waals surface area contributed by atoms with Gasteiger partial charge in [0.05, 0.1) is 19.8 Å². The molecule has 0 amide bonds. The van der Waals surface area contributed by atoms with E-state index in [-0.39, 0.29) is 12.9 Å². The summed E-state index contributed by atoms with van der Waals surface area (Å²) in [6, 6.07) is 0. The van der Waals surface area contributed by atoms with Crippen molar-refractivity contribution in [3.8, 4) is 0 Å². The van der Waals surface area contributed by atoms with Gasteiger partial charge in [0, 0.05) is 6.92 Å². The maximum Gasteiger partial charge on any atom is 0.300 e. The second-order valence-electron chi connectivity index (χ2n) is 3.08. The van der Waals surface area contributed by atoms with E-state index in [1.165, 1.54) is 0 Å². The number of rotatable bonds is 2. The molecule has 0 atom stereocenters. The van der Waals surface area contributed by atoms with E-state index in [9.17, 15) is 0 Å². The van der Waals surface area contributed by atoms with Gasteiger partial charge < -0.3 is 19.7 Å². The normalized spacial score (nSPS) is 17.9. The summed E-state index contributed by atoms with van der Waals surface area (Å²) in [5, 5.41) is 16.0. The molecule has 88 valence electrons. The first-order valence-corrected chi connectivity index (χ1v) is 4.78. The minimum atomic E-state index is -0.833. The molecule has 1 aliphatic rings. The maximum atomic E-state index is 9.00. The molecule has 1 saturated heterocycles. The number of aliphatic hydroxyl groups excluding tert-OH is 1. The number of aliphatic hydroxyl groups is 1. The molecule has 0 spiro atoms. The Hall–Kier alpha value is -0.910. The van der Waals surface area contributed by atoms with Gasteiger partial charge in [-0.25, -0.2) is 0 Å². The Morgan fingerprint density at radius 1 is 1.40 bits per heavy atom. The molecule has 2 N–H and O–H groups in total. The first-order valence-electron chi connectivity index (χ1n) is 4.78. The minimum Gasteiger partial charge on any atom is -0.481 e. The Bertz CT molecular complexity index is 202. The Balaban J connectivity index is 0.000000423. The number of aliphatic carboxylic acids is 1. The van der Waals surface area contributed by atoms with Gasteiger partial charge >= 0.3 is 0 Å². The monoisotopic (exact) mass is 218 g/mol. The van der Waals surface area contributed by atoms with Crippen LogP contribution in [0, 0.1) is 0 Å². The summed E-state index contributed by atoms with van der Waals surface area (Å²) in [7, 11) is 0. The van der Waals surface area contributed by atoms with Gasteiger partial charge in [0.1, 0.15) is 0 Å². The molecule has 5 heteroatoms. The fourth-order valence-electron chi connectivity index (χ4n) is 0.991. The predicted octanol–water partition coefficient (Wildman–Crippen LogP) is 0.779. The van der Waals surface area contributed by atoms with Crippen LogP contribution in [0.3, 0.4) is 0 Å². The summed E-state index contributed by atoms with van der Waals surface area (Å²) in [6.45, 7) is 4.53. The molecule has 0 unspecified atom stereocenters. The van der Waals surface area contributed by atoms with Crippen molar-refractivity contribution in [1.82, 2.24) is 0 Å². The van der Waals surface area contributed by atoms with Crippen molar-refractivity contribution in [3.05, 3.63) is 11.6 Å². The van der Waals surface area contributed by atoms with Crippen LogP contribution in [0.2, 0.25) is 0 Å².